The summed E-state index contributed by atoms with van der Waals surface area (Å²) in [4.78, 5) is 0. The summed E-state index contributed by atoms with van der Waals surface area (Å²) in [6.07, 6.45) is 0.367. The van der Waals surface area contributed by atoms with E-state index in [-0.39, 0.29) is 25.1 Å². The van der Waals surface area contributed by atoms with Crippen molar-refractivity contribution in [1.29, 1.82) is 0 Å². The lowest BCUT2D eigenvalue weighted by Crippen LogP contribution is -2.11. The summed E-state index contributed by atoms with van der Waals surface area (Å²) >= 11 is 0. The Labute approximate surface area is 96.0 Å². The molecule has 86 valence electrons. The standard InChI is InChI=1S/C11H16FNO.ClH/c1-8-7-9(10(13)5-6-12)3-4-11(8)14-2;/h3-4,7,10H,5-6,13H2,1-2H3;1H/t10-;/m1./s1. The van der Waals surface area contributed by atoms with Crippen LogP contribution in [0.3, 0.4) is 0 Å². The molecule has 0 aromatic heterocycles. The molecule has 1 aromatic carbocycles. The molecule has 1 atom stereocenters. The third-order valence-electron chi connectivity index (χ3n) is 2.27. The van der Waals surface area contributed by atoms with Gasteiger partial charge >= 0.3 is 0 Å². The summed E-state index contributed by atoms with van der Waals surface area (Å²) in [5.41, 5.74) is 7.77. The van der Waals surface area contributed by atoms with Gasteiger partial charge < -0.3 is 10.5 Å². The molecular formula is C11H17ClFNO. The van der Waals surface area contributed by atoms with Crippen LogP contribution in [0.1, 0.15) is 23.6 Å². The van der Waals surface area contributed by atoms with Gasteiger partial charge in [0.25, 0.3) is 0 Å². The summed E-state index contributed by atoms with van der Waals surface area (Å²) in [6, 6.07) is 5.47. The van der Waals surface area contributed by atoms with Crippen molar-refractivity contribution < 1.29 is 9.13 Å². The fraction of sp³-hybridized carbons (Fsp3) is 0.455. The maximum atomic E-state index is 12.1. The third kappa shape index (κ3) is 3.68. The van der Waals surface area contributed by atoms with Gasteiger partial charge in [-0.2, -0.15) is 0 Å². The molecule has 1 aromatic rings. The first-order valence-corrected chi connectivity index (χ1v) is 4.65. The molecule has 0 spiro atoms. The quantitative estimate of drug-likeness (QED) is 0.868. The van der Waals surface area contributed by atoms with Crippen LogP contribution in [-0.2, 0) is 0 Å². The number of ether oxygens (including phenoxy) is 1. The van der Waals surface area contributed by atoms with Gasteiger partial charge in [0.05, 0.1) is 13.8 Å². The molecule has 0 radical (unpaired) electrons. The Bertz CT molecular complexity index is 307. The van der Waals surface area contributed by atoms with Crippen LogP contribution in [0.2, 0.25) is 0 Å². The number of benzene rings is 1. The number of methoxy groups -OCH3 is 1. The Morgan fingerprint density at radius 2 is 2.13 bits per heavy atom. The molecule has 0 saturated heterocycles. The molecule has 0 aliphatic heterocycles. The van der Waals surface area contributed by atoms with Crippen LogP contribution in [0, 0.1) is 6.92 Å². The summed E-state index contributed by atoms with van der Waals surface area (Å²) < 4.78 is 17.2. The normalized spacial score (nSPS) is 11.7. The first kappa shape index (κ1) is 14.2. The van der Waals surface area contributed by atoms with Crippen molar-refractivity contribution in [1.82, 2.24) is 0 Å². The van der Waals surface area contributed by atoms with Gasteiger partial charge in [0.1, 0.15) is 5.75 Å². The van der Waals surface area contributed by atoms with Crippen LogP contribution in [-0.4, -0.2) is 13.8 Å². The Morgan fingerprint density at radius 3 is 2.60 bits per heavy atom. The topological polar surface area (TPSA) is 35.2 Å². The Hall–Kier alpha value is -0.800. The van der Waals surface area contributed by atoms with E-state index in [4.69, 9.17) is 10.5 Å². The van der Waals surface area contributed by atoms with Crippen molar-refractivity contribution >= 4 is 12.4 Å². The van der Waals surface area contributed by atoms with Crippen molar-refractivity contribution in [3.8, 4) is 5.75 Å². The van der Waals surface area contributed by atoms with Gasteiger partial charge in [-0.05, 0) is 30.5 Å². The average molecular weight is 234 g/mol. The minimum atomic E-state index is -0.383. The smallest absolute Gasteiger partial charge is 0.121 e. The predicted molar refractivity (Wildman–Crippen MR) is 62.5 cm³/mol. The number of alkyl halides is 1. The van der Waals surface area contributed by atoms with E-state index in [1.54, 1.807) is 7.11 Å². The minimum Gasteiger partial charge on any atom is -0.496 e. The van der Waals surface area contributed by atoms with Gasteiger partial charge in [0.15, 0.2) is 0 Å². The lowest BCUT2D eigenvalue weighted by atomic mass is 10.0. The maximum absolute atomic E-state index is 12.1. The van der Waals surface area contributed by atoms with Crippen molar-refractivity contribution in [2.45, 2.75) is 19.4 Å². The summed E-state index contributed by atoms with van der Waals surface area (Å²) in [5, 5.41) is 0. The molecule has 0 amide bonds. The Kier molecular flexibility index (Phi) is 6.29. The van der Waals surface area contributed by atoms with E-state index in [1.165, 1.54) is 0 Å². The predicted octanol–water partition coefficient (Wildman–Crippen LogP) is 2.78. The van der Waals surface area contributed by atoms with Crippen molar-refractivity contribution in [3.05, 3.63) is 29.3 Å². The van der Waals surface area contributed by atoms with Gasteiger partial charge in [0.2, 0.25) is 0 Å². The molecule has 0 aliphatic rings. The van der Waals surface area contributed by atoms with E-state index in [9.17, 15) is 4.39 Å². The summed E-state index contributed by atoms with van der Waals surface area (Å²) in [6.45, 7) is 1.57. The third-order valence-corrected chi connectivity index (χ3v) is 2.27. The molecule has 2 nitrogen and oxygen atoms in total. The van der Waals surface area contributed by atoms with E-state index in [1.807, 2.05) is 25.1 Å². The first-order chi connectivity index (χ1) is 6.69. The van der Waals surface area contributed by atoms with Gasteiger partial charge in [-0.3, -0.25) is 4.39 Å². The summed E-state index contributed by atoms with van der Waals surface area (Å²) in [7, 11) is 1.63. The van der Waals surface area contributed by atoms with Crippen LogP contribution in [0.5, 0.6) is 5.75 Å². The van der Waals surface area contributed by atoms with Gasteiger partial charge in [-0.25, -0.2) is 0 Å². The van der Waals surface area contributed by atoms with Gasteiger partial charge in [-0.15, -0.1) is 12.4 Å². The molecule has 0 heterocycles. The second kappa shape index (κ2) is 6.64. The molecular weight excluding hydrogens is 217 g/mol. The lowest BCUT2D eigenvalue weighted by molar-refractivity contribution is 0.410. The van der Waals surface area contributed by atoms with E-state index in [2.05, 4.69) is 0 Å². The highest BCUT2D eigenvalue weighted by Gasteiger charge is 2.07. The van der Waals surface area contributed by atoms with Crippen LogP contribution in [0.4, 0.5) is 4.39 Å². The monoisotopic (exact) mass is 233 g/mol. The van der Waals surface area contributed by atoms with Crippen molar-refractivity contribution in [2.75, 3.05) is 13.8 Å². The molecule has 0 aliphatic carbocycles. The number of rotatable bonds is 4. The highest BCUT2D eigenvalue weighted by Crippen LogP contribution is 2.22. The first-order valence-electron chi connectivity index (χ1n) is 4.65. The lowest BCUT2D eigenvalue weighted by Gasteiger charge is -2.12. The molecule has 1 rings (SSSR count). The fourth-order valence-corrected chi connectivity index (χ4v) is 1.42. The average Bonchev–Trinajstić information content (AvgIpc) is 2.18. The van der Waals surface area contributed by atoms with Crippen LogP contribution in [0.25, 0.3) is 0 Å². The number of halogens is 2. The second-order valence-corrected chi connectivity index (χ2v) is 3.31. The fourth-order valence-electron chi connectivity index (χ4n) is 1.42. The molecule has 0 fully saturated rings. The Morgan fingerprint density at radius 1 is 1.47 bits per heavy atom. The molecule has 4 heteroatoms. The highest BCUT2D eigenvalue weighted by atomic mass is 35.5. The Balaban J connectivity index is 0.00000196. The van der Waals surface area contributed by atoms with Crippen LogP contribution < -0.4 is 10.5 Å². The van der Waals surface area contributed by atoms with Gasteiger partial charge in [0, 0.05) is 6.04 Å². The molecule has 2 N–H and O–H groups in total. The molecule has 0 bridgehead atoms. The zero-order valence-corrected chi connectivity index (χ0v) is 9.81. The second-order valence-electron chi connectivity index (χ2n) is 3.31. The van der Waals surface area contributed by atoms with Gasteiger partial charge in [-0.1, -0.05) is 12.1 Å². The summed E-state index contributed by atoms with van der Waals surface area (Å²) in [5.74, 6) is 0.834. The zero-order chi connectivity index (χ0) is 10.6. The maximum Gasteiger partial charge on any atom is 0.121 e. The molecule has 0 saturated carbocycles. The SMILES string of the molecule is COc1ccc([C@H](N)CCF)cc1C.Cl. The molecule has 0 unspecified atom stereocenters. The number of nitrogens with two attached hydrogens (primary N) is 1. The van der Waals surface area contributed by atoms with E-state index >= 15 is 0 Å². The largest absolute Gasteiger partial charge is 0.496 e. The van der Waals surface area contributed by atoms with Crippen LogP contribution in [0.15, 0.2) is 18.2 Å². The zero-order valence-electron chi connectivity index (χ0n) is 9.00. The van der Waals surface area contributed by atoms with E-state index in [0.29, 0.717) is 6.42 Å². The number of hydrogen-bond donors (Lipinski definition) is 1. The minimum absolute atomic E-state index is 0. The number of hydrogen-bond acceptors (Lipinski definition) is 2. The van der Waals surface area contributed by atoms with Crippen molar-refractivity contribution in [2.24, 2.45) is 5.73 Å². The van der Waals surface area contributed by atoms with Crippen molar-refractivity contribution in [3.63, 3.8) is 0 Å². The van der Waals surface area contributed by atoms with E-state index in [0.717, 1.165) is 16.9 Å². The van der Waals surface area contributed by atoms with Crippen LogP contribution >= 0.6 is 12.4 Å². The number of aryl methyl sites for hydroxylation is 1. The molecule has 15 heavy (non-hydrogen) atoms. The van der Waals surface area contributed by atoms with E-state index < -0.39 is 0 Å². The highest BCUT2D eigenvalue weighted by molar-refractivity contribution is 5.85.